The quantitative estimate of drug-likeness (QED) is 0.264. The number of hydrogen-bond acceptors (Lipinski definition) is 0. The Kier molecular flexibility index (Phi) is 3.89. The molecule has 0 aromatic heterocycles. The van der Waals surface area contributed by atoms with Gasteiger partial charge in [0, 0.05) is 0 Å². The van der Waals surface area contributed by atoms with Gasteiger partial charge >= 0.3 is 0 Å². The number of hydrogen-bond donors (Lipinski definition) is 0. The smallest absolute Gasteiger partial charge is 0.00201 e. The van der Waals surface area contributed by atoms with Crippen molar-refractivity contribution in [2.45, 2.75) is 0 Å². The average molecular weight is 380 g/mol. The third-order valence-corrected chi connectivity index (χ3v) is 6.07. The topological polar surface area (TPSA) is 0 Å². The molecule has 0 unspecified atom stereocenters. The standard InChI is InChI=1S/C30H20/c1-2-11-21(12-3-1)22-13-4-5-14-23(22)28-19-10-20-29-26-16-7-6-15-24(26)25-17-8-9-18-27(25)30(28)29/h1-20H. The lowest BCUT2D eigenvalue weighted by atomic mass is 9.87. The largest absolute Gasteiger partial charge is 0.0622 e. The molecule has 0 fully saturated rings. The molecule has 6 aromatic carbocycles. The van der Waals surface area contributed by atoms with Crippen molar-refractivity contribution in [2.75, 3.05) is 0 Å². The molecule has 6 rings (SSSR count). The van der Waals surface area contributed by atoms with Crippen LogP contribution in [0, 0.1) is 0 Å². The molecule has 0 aliphatic rings. The fourth-order valence-electron chi connectivity index (χ4n) is 4.77. The second-order valence-electron chi connectivity index (χ2n) is 7.73. The molecule has 0 saturated carbocycles. The summed E-state index contributed by atoms with van der Waals surface area (Å²) in [5, 5.41) is 7.88. The molecule has 0 heteroatoms. The van der Waals surface area contributed by atoms with Gasteiger partial charge < -0.3 is 0 Å². The summed E-state index contributed by atoms with van der Waals surface area (Å²) >= 11 is 0. The van der Waals surface area contributed by atoms with Gasteiger partial charge in [-0.15, -0.1) is 0 Å². The third kappa shape index (κ3) is 2.54. The van der Waals surface area contributed by atoms with Crippen LogP contribution in [-0.4, -0.2) is 0 Å². The van der Waals surface area contributed by atoms with Gasteiger partial charge in [-0.25, -0.2) is 0 Å². The van der Waals surface area contributed by atoms with Gasteiger partial charge in [-0.2, -0.15) is 0 Å². The minimum Gasteiger partial charge on any atom is -0.0622 e. The van der Waals surface area contributed by atoms with Gasteiger partial charge in [0.05, 0.1) is 0 Å². The molecule has 140 valence electrons. The van der Waals surface area contributed by atoms with Crippen LogP contribution >= 0.6 is 0 Å². The molecule has 0 N–H and O–H groups in total. The van der Waals surface area contributed by atoms with Gasteiger partial charge in [0.25, 0.3) is 0 Å². The fraction of sp³-hybridized carbons (Fsp3) is 0. The summed E-state index contributed by atoms with van der Waals surface area (Å²) in [5.74, 6) is 0. The lowest BCUT2D eigenvalue weighted by Gasteiger charge is -2.16. The van der Waals surface area contributed by atoms with E-state index in [1.54, 1.807) is 0 Å². The van der Waals surface area contributed by atoms with Gasteiger partial charge in [-0.05, 0) is 54.6 Å². The monoisotopic (exact) mass is 380 g/mol. The second-order valence-corrected chi connectivity index (χ2v) is 7.73. The Balaban J connectivity index is 1.80. The van der Waals surface area contributed by atoms with Crippen LogP contribution in [0.2, 0.25) is 0 Å². The van der Waals surface area contributed by atoms with E-state index in [0.29, 0.717) is 0 Å². The molecule has 0 heterocycles. The Bertz CT molecular complexity index is 1480. The molecule has 0 spiro atoms. The Hall–Kier alpha value is -3.90. The Morgan fingerprint density at radius 1 is 0.267 bits per heavy atom. The van der Waals surface area contributed by atoms with Crippen molar-refractivity contribution in [3.8, 4) is 22.3 Å². The zero-order valence-corrected chi connectivity index (χ0v) is 16.5. The van der Waals surface area contributed by atoms with Crippen LogP contribution < -0.4 is 0 Å². The maximum atomic E-state index is 2.27. The highest BCUT2D eigenvalue weighted by molar-refractivity contribution is 6.28. The predicted octanol–water partition coefficient (Wildman–Crippen LogP) is 8.48. The lowest BCUT2D eigenvalue weighted by molar-refractivity contribution is 1.60. The van der Waals surface area contributed by atoms with Crippen molar-refractivity contribution in [3.05, 3.63) is 121 Å². The van der Waals surface area contributed by atoms with Crippen molar-refractivity contribution >= 4 is 32.3 Å². The van der Waals surface area contributed by atoms with E-state index in [0.717, 1.165) is 0 Å². The molecule has 0 saturated heterocycles. The van der Waals surface area contributed by atoms with Crippen molar-refractivity contribution in [2.24, 2.45) is 0 Å². The summed E-state index contributed by atoms with van der Waals surface area (Å²) in [4.78, 5) is 0. The molecular weight excluding hydrogens is 360 g/mol. The van der Waals surface area contributed by atoms with Crippen molar-refractivity contribution in [1.82, 2.24) is 0 Å². The number of fused-ring (bicyclic) bond motifs is 6. The first-order valence-corrected chi connectivity index (χ1v) is 10.4. The lowest BCUT2D eigenvalue weighted by Crippen LogP contribution is -1.89. The first kappa shape index (κ1) is 17.0. The maximum Gasteiger partial charge on any atom is -0.00201 e. The van der Waals surface area contributed by atoms with E-state index in [2.05, 4.69) is 121 Å². The van der Waals surface area contributed by atoms with Crippen molar-refractivity contribution in [1.29, 1.82) is 0 Å². The van der Waals surface area contributed by atoms with Crippen LogP contribution in [0.5, 0.6) is 0 Å². The van der Waals surface area contributed by atoms with E-state index in [4.69, 9.17) is 0 Å². The van der Waals surface area contributed by atoms with E-state index in [9.17, 15) is 0 Å². The fourth-order valence-corrected chi connectivity index (χ4v) is 4.77. The molecule has 0 nitrogen and oxygen atoms in total. The maximum absolute atomic E-state index is 2.27. The molecule has 0 atom stereocenters. The summed E-state index contributed by atoms with van der Waals surface area (Å²) < 4.78 is 0. The summed E-state index contributed by atoms with van der Waals surface area (Å²) in [6, 6.07) is 43.7. The third-order valence-electron chi connectivity index (χ3n) is 6.07. The first-order valence-electron chi connectivity index (χ1n) is 10.4. The van der Waals surface area contributed by atoms with Gasteiger partial charge in [0.15, 0.2) is 0 Å². The van der Waals surface area contributed by atoms with E-state index in [-0.39, 0.29) is 0 Å². The zero-order valence-electron chi connectivity index (χ0n) is 16.5. The molecule has 0 amide bonds. The first-order chi connectivity index (χ1) is 14.9. The van der Waals surface area contributed by atoms with Crippen LogP contribution in [-0.2, 0) is 0 Å². The summed E-state index contributed by atoms with van der Waals surface area (Å²) in [7, 11) is 0. The Labute approximate surface area is 176 Å². The highest BCUT2D eigenvalue weighted by Crippen LogP contribution is 2.42. The van der Waals surface area contributed by atoms with Crippen LogP contribution in [0.3, 0.4) is 0 Å². The van der Waals surface area contributed by atoms with Gasteiger partial charge in [-0.3, -0.25) is 0 Å². The van der Waals surface area contributed by atoms with Gasteiger partial charge in [0.2, 0.25) is 0 Å². The number of rotatable bonds is 2. The average Bonchev–Trinajstić information content (AvgIpc) is 2.84. The molecule has 0 radical (unpaired) electrons. The van der Waals surface area contributed by atoms with Crippen molar-refractivity contribution in [3.63, 3.8) is 0 Å². The minimum atomic E-state index is 1.25. The molecule has 0 aliphatic heterocycles. The van der Waals surface area contributed by atoms with Crippen LogP contribution in [0.15, 0.2) is 121 Å². The summed E-state index contributed by atoms with van der Waals surface area (Å²) in [6.45, 7) is 0. The molecule has 6 aromatic rings. The van der Waals surface area contributed by atoms with E-state index in [1.807, 2.05) is 0 Å². The summed E-state index contributed by atoms with van der Waals surface area (Å²) in [6.07, 6.45) is 0. The highest BCUT2D eigenvalue weighted by Gasteiger charge is 2.14. The van der Waals surface area contributed by atoms with Crippen molar-refractivity contribution < 1.29 is 0 Å². The summed E-state index contributed by atoms with van der Waals surface area (Å²) in [5.41, 5.74) is 5.07. The van der Waals surface area contributed by atoms with Gasteiger partial charge in [0.1, 0.15) is 0 Å². The van der Waals surface area contributed by atoms with Crippen LogP contribution in [0.25, 0.3) is 54.6 Å². The SMILES string of the molecule is c1ccc(-c2ccccc2-c2cccc3c4ccccc4c4ccccc4c23)cc1. The van der Waals surface area contributed by atoms with Gasteiger partial charge in [-0.1, -0.05) is 121 Å². The minimum absolute atomic E-state index is 1.25. The predicted molar refractivity (Wildman–Crippen MR) is 130 cm³/mol. The highest BCUT2D eigenvalue weighted by atomic mass is 14.2. The molecule has 0 bridgehead atoms. The van der Waals surface area contributed by atoms with Crippen LogP contribution in [0.4, 0.5) is 0 Å². The molecule has 30 heavy (non-hydrogen) atoms. The van der Waals surface area contributed by atoms with E-state index < -0.39 is 0 Å². The second kappa shape index (κ2) is 6.86. The van der Waals surface area contributed by atoms with E-state index >= 15 is 0 Å². The normalized spacial score (nSPS) is 11.3. The zero-order chi connectivity index (χ0) is 19.9. The van der Waals surface area contributed by atoms with E-state index in [1.165, 1.54) is 54.6 Å². The van der Waals surface area contributed by atoms with Crippen LogP contribution in [0.1, 0.15) is 0 Å². The Morgan fingerprint density at radius 3 is 1.37 bits per heavy atom. The molecular formula is C30H20. The Morgan fingerprint density at radius 2 is 0.700 bits per heavy atom. The number of benzene rings is 6. The molecule has 0 aliphatic carbocycles.